The van der Waals surface area contributed by atoms with Crippen molar-refractivity contribution < 1.29 is 33.0 Å². The van der Waals surface area contributed by atoms with Gasteiger partial charge in [-0.25, -0.2) is 13.6 Å². The summed E-state index contributed by atoms with van der Waals surface area (Å²) in [4.78, 5) is 41.0. The van der Waals surface area contributed by atoms with Gasteiger partial charge in [-0.05, 0) is 62.3 Å². The topological polar surface area (TPSA) is 105 Å². The van der Waals surface area contributed by atoms with Crippen LogP contribution in [0.15, 0.2) is 24.3 Å². The molecule has 2 aromatic rings. The van der Waals surface area contributed by atoms with Crippen molar-refractivity contribution in [3.63, 3.8) is 0 Å². The summed E-state index contributed by atoms with van der Waals surface area (Å²) in [6.45, 7) is 0.859. The minimum atomic E-state index is -0.804. The summed E-state index contributed by atoms with van der Waals surface area (Å²) in [6, 6.07) is 4.45. The minimum Gasteiger partial charge on any atom is -0.481 e. The number of carbonyl (C=O) groups is 3. The van der Waals surface area contributed by atoms with Gasteiger partial charge in [-0.1, -0.05) is 0 Å². The molecule has 36 heavy (non-hydrogen) atoms. The number of halogens is 2. The first-order valence-corrected chi connectivity index (χ1v) is 12.3. The van der Waals surface area contributed by atoms with Crippen molar-refractivity contribution in [3.8, 4) is 0 Å². The number of carboxylic acids is 1. The van der Waals surface area contributed by atoms with Crippen LogP contribution in [0, 0.1) is 17.6 Å². The molecule has 0 aliphatic carbocycles. The second kappa shape index (κ2) is 9.87. The molecule has 0 radical (unpaired) electrons. The lowest BCUT2D eigenvalue weighted by Crippen LogP contribution is -2.55. The first-order chi connectivity index (χ1) is 17.3. The number of amides is 2. The normalized spacial score (nSPS) is 23.6. The summed E-state index contributed by atoms with van der Waals surface area (Å²) in [5, 5.41) is 14.0. The highest BCUT2D eigenvalue weighted by atomic mass is 19.1. The number of hydrogen-bond donors (Lipinski definition) is 1. The van der Waals surface area contributed by atoms with Gasteiger partial charge in [0.1, 0.15) is 18.2 Å². The van der Waals surface area contributed by atoms with Gasteiger partial charge in [0.15, 0.2) is 5.69 Å². The fraction of sp³-hybridized carbons (Fsp3) is 0.520. The van der Waals surface area contributed by atoms with E-state index in [-0.39, 0.29) is 36.7 Å². The SMILES string of the molecule is O=C(O)C1CC2CCCC(C1)N2C(=O)c1cc2n(n1)CCCN(C(=O)OCc1cc(F)cc(F)c1)C2. The van der Waals surface area contributed by atoms with Crippen LogP contribution in [-0.4, -0.2) is 61.3 Å². The van der Waals surface area contributed by atoms with Gasteiger partial charge < -0.3 is 19.6 Å². The van der Waals surface area contributed by atoms with Crippen molar-refractivity contribution in [2.24, 2.45) is 5.92 Å². The molecule has 2 amide bonds. The quantitative estimate of drug-likeness (QED) is 0.686. The van der Waals surface area contributed by atoms with Gasteiger partial charge in [0.25, 0.3) is 5.91 Å². The van der Waals surface area contributed by atoms with Crippen molar-refractivity contribution >= 4 is 18.0 Å². The van der Waals surface area contributed by atoms with Crippen molar-refractivity contribution in [2.75, 3.05) is 6.54 Å². The van der Waals surface area contributed by atoms with Crippen LogP contribution in [0.4, 0.5) is 13.6 Å². The van der Waals surface area contributed by atoms with Gasteiger partial charge in [-0.2, -0.15) is 5.10 Å². The van der Waals surface area contributed by atoms with Crippen LogP contribution < -0.4 is 0 Å². The van der Waals surface area contributed by atoms with Gasteiger partial charge in [0.2, 0.25) is 0 Å². The van der Waals surface area contributed by atoms with Crippen LogP contribution in [0.2, 0.25) is 0 Å². The summed E-state index contributed by atoms with van der Waals surface area (Å²) < 4.78 is 33.8. The Morgan fingerprint density at radius 3 is 2.36 bits per heavy atom. The second-order valence-corrected chi connectivity index (χ2v) is 9.81. The van der Waals surface area contributed by atoms with Crippen molar-refractivity contribution in [1.29, 1.82) is 0 Å². The van der Waals surface area contributed by atoms with Crippen LogP contribution in [0.25, 0.3) is 0 Å². The molecule has 192 valence electrons. The highest BCUT2D eigenvalue weighted by Gasteiger charge is 2.43. The van der Waals surface area contributed by atoms with E-state index in [2.05, 4.69) is 5.10 Å². The first-order valence-electron chi connectivity index (χ1n) is 12.3. The van der Waals surface area contributed by atoms with E-state index in [0.717, 1.165) is 37.5 Å². The molecule has 2 fully saturated rings. The third kappa shape index (κ3) is 4.91. The number of benzene rings is 1. The zero-order valence-electron chi connectivity index (χ0n) is 19.7. The molecule has 2 unspecified atom stereocenters. The number of rotatable bonds is 4. The molecular formula is C25H28F2N4O5. The van der Waals surface area contributed by atoms with E-state index in [1.165, 1.54) is 4.90 Å². The summed E-state index contributed by atoms with van der Waals surface area (Å²) in [7, 11) is 0. The van der Waals surface area contributed by atoms with Crippen molar-refractivity contribution in [2.45, 2.75) is 70.3 Å². The van der Waals surface area contributed by atoms with Crippen molar-refractivity contribution in [1.82, 2.24) is 19.6 Å². The number of carboxylic acid groups (broad SMARTS) is 1. The summed E-state index contributed by atoms with van der Waals surface area (Å²) in [5.74, 6) is -2.91. The molecule has 2 bridgehead atoms. The maximum absolute atomic E-state index is 13.5. The Kier molecular flexibility index (Phi) is 6.63. The molecule has 5 rings (SSSR count). The number of piperidine rings is 2. The van der Waals surface area contributed by atoms with E-state index in [9.17, 15) is 28.3 Å². The molecule has 0 saturated carbocycles. The van der Waals surface area contributed by atoms with E-state index in [4.69, 9.17) is 4.74 Å². The van der Waals surface area contributed by atoms with Gasteiger partial charge in [-0.3, -0.25) is 14.3 Å². The number of aliphatic carboxylic acids is 1. The molecule has 2 saturated heterocycles. The standard InChI is InChI=1S/C25H28F2N4O5/c26-17-7-15(8-18(27)11-17)14-36-25(35)29-5-2-6-30-21(13-29)12-22(28-30)23(32)31-19-3-1-4-20(31)10-16(9-19)24(33)34/h7-8,11-12,16,19-20H,1-6,9-10,13-14H2,(H,33,34). The van der Waals surface area contributed by atoms with Gasteiger partial charge in [0, 0.05) is 31.2 Å². The molecule has 2 atom stereocenters. The number of ether oxygens (including phenoxy) is 1. The Balaban J connectivity index is 1.26. The smallest absolute Gasteiger partial charge is 0.410 e. The lowest BCUT2D eigenvalue weighted by atomic mass is 9.78. The van der Waals surface area contributed by atoms with Gasteiger partial charge in [-0.15, -0.1) is 0 Å². The maximum Gasteiger partial charge on any atom is 0.410 e. The summed E-state index contributed by atoms with van der Waals surface area (Å²) in [6.07, 6.45) is 3.45. The average molecular weight is 503 g/mol. The van der Waals surface area contributed by atoms with Crippen LogP contribution in [0.3, 0.4) is 0 Å². The predicted molar refractivity (Wildman–Crippen MR) is 122 cm³/mol. The Bertz CT molecular complexity index is 1150. The highest BCUT2D eigenvalue weighted by Crippen LogP contribution is 2.38. The highest BCUT2D eigenvalue weighted by molar-refractivity contribution is 5.93. The van der Waals surface area contributed by atoms with E-state index in [1.54, 1.807) is 10.7 Å². The lowest BCUT2D eigenvalue weighted by Gasteiger charge is -2.47. The third-order valence-electron chi connectivity index (χ3n) is 7.33. The number of hydrogen-bond acceptors (Lipinski definition) is 5. The molecule has 1 aromatic heterocycles. The number of nitrogens with zero attached hydrogens (tertiary/aromatic N) is 4. The molecular weight excluding hydrogens is 474 g/mol. The molecule has 11 heteroatoms. The van der Waals surface area contributed by atoms with E-state index >= 15 is 0 Å². The molecule has 3 aliphatic rings. The Morgan fingerprint density at radius 2 is 1.69 bits per heavy atom. The molecule has 1 aromatic carbocycles. The van der Waals surface area contributed by atoms with E-state index < -0.39 is 29.6 Å². The molecule has 0 spiro atoms. The fourth-order valence-electron chi connectivity index (χ4n) is 5.70. The van der Waals surface area contributed by atoms with Crippen LogP contribution in [-0.2, 0) is 29.2 Å². The Morgan fingerprint density at radius 1 is 1.00 bits per heavy atom. The fourth-order valence-corrected chi connectivity index (χ4v) is 5.70. The minimum absolute atomic E-state index is 0.105. The maximum atomic E-state index is 13.5. The van der Waals surface area contributed by atoms with Crippen molar-refractivity contribution in [3.05, 3.63) is 52.9 Å². The first kappa shape index (κ1) is 24.2. The Labute approximate surface area is 206 Å². The molecule has 9 nitrogen and oxygen atoms in total. The zero-order valence-corrected chi connectivity index (χ0v) is 19.7. The van der Waals surface area contributed by atoms with Crippen LogP contribution in [0.5, 0.6) is 0 Å². The van der Waals surface area contributed by atoms with E-state index in [0.29, 0.717) is 43.7 Å². The largest absolute Gasteiger partial charge is 0.481 e. The molecule has 4 heterocycles. The molecule has 3 aliphatic heterocycles. The van der Waals surface area contributed by atoms with Gasteiger partial charge in [0.05, 0.1) is 18.2 Å². The van der Waals surface area contributed by atoms with Crippen LogP contribution in [0.1, 0.15) is 60.3 Å². The predicted octanol–water partition coefficient (Wildman–Crippen LogP) is 3.56. The summed E-state index contributed by atoms with van der Waals surface area (Å²) >= 11 is 0. The Hall–Kier alpha value is -3.50. The number of aromatic nitrogens is 2. The second-order valence-electron chi connectivity index (χ2n) is 9.81. The molecule has 1 N–H and O–H groups in total. The third-order valence-corrected chi connectivity index (χ3v) is 7.33. The number of carbonyl (C=O) groups excluding carboxylic acids is 2. The number of fused-ring (bicyclic) bond motifs is 3. The number of aryl methyl sites for hydroxylation is 1. The summed E-state index contributed by atoms with van der Waals surface area (Å²) in [5.41, 5.74) is 1.20. The van der Waals surface area contributed by atoms with E-state index in [1.807, 2.05) is 4.90 Å². The average Bonchev–Trinajstić information content (AvgIpc) is 3.11. The zero-order chi connectivity index (χ0) is 25.4. The van der Waals surface area contributed by atoms with Gasteiger partial charge >= 0.3 is 12.1 Å². The monoisotopic (exact) mass is 502 g/mol. The lowest BCUT2D eigenvalue weighted by molar-refractivity contribution is -0.145. The van der Waals surface area contributed by atoms with Crippen LogP contribution >= 0.6 is 0 Å².